The summed E-state index contributed by atoms with van der Waals surface area (Å²) in [7, 11) is 0. The fraction of sp³-hybridized carbons (Fsp3) is 0.235. The van der Waals surface area contributed by atoms with Crippen LogP contribution in [0.1, 0.15) is 11.4 Å². The quantitative estimate of drug-likeness (QED) is 0.587. The third kappa shape index (κ3) is 3.06. The van der Waals surface area contributed by atoms with Gasteiger partial charge in [0.15, 0.2) is 11.5 Å². The highest BCUT2D eigenvalue weighted by molar-refractivity contribution is 5.59. The largest absolute Gasteiger partial charge is 0.453 e. The maximum atomic E-state index is 12.0. The van der Waals surface area contributed by atoms with Crippen molar-refractivity contribution in [3.05, 3.63) is 58.5 Å². The van der Waals surface area contributed by atoms with Crippen molar-refractivity contribution in [2.75, 3.05) is 0 Å². The lowest BCUT2D eigenvalue weighted by atomic mass is 10.3. The topological polar surface area (TPSA) is 107 Å². The lowest BCUT2D eigenvalue weighted by molar-refractivity contribution is 0.497. The van der Waals surface area contributed by atoms with Gasteiger partial charge in [0.1, 0.15) is 11.4 Å². The van der Waals surface area contributed by atoms with E-state index in [2.05, 4.69) is 25.5 Å². The van der Waals surface area contributed by atoms with Crippen molar-refractivity contribution < 1.29 is 4.42 Å². The molecule has 0 unspecified atom stereocenters. The smallest absolute Gasteiger partial charge is 0.348 e. The number of H-pyrrole nitrogens is 1. The highest BCUT2D eigenvalue weighted by atomic mass is 16.3. The van der Waals surface area contributed by atoms with Gasteiger partial charge in [-0.3, -0.25) is 9.67 Å². The van der Waals surface area contributed by atoms with Gasteiger partial charge in [0.2, 0.25) is 0 Å². The van der Waals surface area contributed by atoms with Crippen molar-refractivity contribution in [1.82, 2.24) is 34.7 Å². The van der Waals surface area contributed by atoms with Gasteiger partial charge in [0, 0.05) is 24.1 Å². The van der Waals surface area contributed by atoms with E-state index in [-0.39, 0.29) is 5.69 Å². The van der Waals surface area contributed by atoms with Gasteiger partial charge in [-0.2, -0.15) is 10.1 Å². The van der Waals surface area contributed by atoms with E-state index in [1.54, 1.807) is 21.6 Å². The molecule has 4 rings (SSSR count). The number of aryl methyl sites for hydroxylation is 3. The minimum Gasteiger partial charge on any atom is -0.453 e. The number of rotatable bonds is 5. The van der Waals surface area contributed by atoms with Crippen LogP contribution in [0, 0.1) is 13.8 Å². The Kier molecular flexibility index (Phi) is 3.96. The summed E-state index contributed by atoms with van der Waals surface area (Å²) in [6.07, 6.45) is 3.45. The van der Waals surface area contributed by atoms with Crippen LogP contribution in [0.25, 0.3) is 22.9 Å². The number of nitrogens with zero attached hydrogens (tertiary/aromatic N) is 6. The fourth-order valence-corrected chi connectivity index (χ4v) is 2.78. The van der Waals surface area contributed by atoms with Gasteiger partial charge >= 0.3 is 5.69 Å². The lowest BCUT2D eigenvalue weighted by Crippen LogP contribution is -2.27. The summed E-state index contributed by atoms with van der Waals surface area (Å²) < 4.78 is 9.09. The Balaban J connectivity index is 1.50. The molecule has 0 bridgehead atoms. The van der Waals surface area contributed by atoms with Crippen molar-refractivity contribution in [2.45, 2.75) is 26.9 Å². The molecule has 0 aliphatic rings. The number of hydrogen-bond donors (Lipinski definition) is 1. The second-order valence-electron chi connectivity index (χ2n) is 5.97. The van der Waals surface area contributed by atoms with E-state index >= 15 is 0 Å². The molecule has 0 amide bonds. The van der Waals surface area contributed by atoms with Crippen LogP contribution < -0.4 is 5.69 Å². The molecule has 9 nitrogen and oxygen atoms in total. The Morgan fingerprint density at radius 2 is 2.00 bits per heavy atom. The van der Waals surface area contributed by atoms with E-state index in [1.165, 1.54) is 0 Å². The monoisotopic (exact) mass is 351 g/mol. The van der Waals surface area contributed by atoms with Crippen LogP contribution in [-0.2, 0) is 13.1 Å². The summed E-state index contributed by atoms with van der Waals surface area (Å²) in [4.78, 5) is 16.0. The first kappa shape index (κ1) is 16.0. The number of aromatic amines is 1. The third-order valence-electron chi connectivity index (χ3n) is 4.06. The molecule has 0 aliphatic heterocycles. The minimum atomic E-state index is -0.252. The highest BCUT2D eigenvalue weighted by Crippen LogP contribution is 2.25. The zero-order valence-corrected chi connectivity index (χ0v) is 14.4. The Hall–Kier alpha value is -3.49. The summed E-state index contributed by atoms with van der Waals surface area (Å²) in [6, 6.07) is 7.40. The molecule has 0 spiro atoms. The van der Waals surface area contributed by atoms with Crippen molar-refractivity contribution in [3.8, 4) is 22.9 Å². The molecule has 9 heteroatoms. The van der Waals surface area contributed by atoms with Crippen LogP contribution in [0.4, 0.5) is 0 Å². The normalized spacial score (nSPS) is 11.2. The maximum absolute atomic E-state index is 12.0. The molecule has 132 valence electrons. The van der Waals surface area contributed by atoms with E-state index in [4.69, 9.17) is 4.42 Å². The molecule has 4 aromatic heterocycles. The Morgan fingerprint density at radius 1 is 1.15 bits per heavy atom. The zero-order chi connectivity index (χ0) is 18.1. The molecule has 4 aromatic rings. The van der Waals surface area contributed by atoms with Crippen molar-refractivity contribution in [3.63, 3.8) is 0 Å². The van der Waals surface area contributed by atoms with Crippen LogP contribution in [0.3, 0.4) is 0 Å². The standard InChI is InChI=1S/C17H17N7O2/c1-11-9-12(2)24(17(25)19-11)8-7-23-10-14(21-22-23)16-4-3-15(26-16)13-5-6-18-20-13/h3-6,9-10H,7-8H2,1-2H3,(H,18,20). The van der Waals surface area contributed by atoms with Gasteiger partial charge in [-0.05, 0) is 38.1 Å². The molecule has 0 aliphatic carbocycles. The van der Waals surface area contributed by atoms with E-state index in [1.807, 2.05) is 38.1 Å². The molecule has 0 saturated carbocycles. The summed E-state index contributed by atoms with van der Waals surface area (Å²) in [6.45, 7) is 4.68. The van der Waals surface area contributed by atoms with Crippen LogP contribution in [-0.4, -0.2) is 34.7 Å². The summed E-state index contributed by atoms with van der Waals surface area (Å²) in [5, 5.41) is 15.0. The van der Waals surface area contributed by atoms with Gasteiger partial charge in [0.25, 0.3) is 0 Å². The molecular formula is C17H17N7O2. The van der Waals surface area contributed by atoms with Gasteiger partial charge < -0.3 is 4.42 Å². The second kappa shape index (κ2) is 6.43. The summed E-state index contributed by atoms with van der Waals surface area (Å²) in [5.74, 6) is 1.30. The molecule has 0 atom stereocenters. The Bertz CT molecular complexity index is 1090. The fourth-order valence-electron chi connectivity index (χ4n) is 2.78. The molecule has 1 N–H and O–H groups in total. The van der Waals surface area contributed by atoms with Crippen LogP contribution >= 0.6 is 0 Å². The van der Waals surface area contributed by atoms with Crippen LogP contribution in [0.15, 0.2) is 45.9 Å². The lowest BCUT2D eigenvalue weighted by Gasteiger charge is -2.09. The molecule has 0 fully saturated rings. The number of furan rings is 1. The van der Waals surface area contributed by atoms with Crippen molar-refractivity contribution >= 4 is 0 Å². The van der Waals surface area contributed by atoms with E-state index in [0.717, 1.165) is 17.1 Å². The highest BCUT2D eigenvalue weighted by Gasteiger charge is 2.11. The van der Waals surface area contributed by atoms with Gasteiger partial charge in [-0.15, -0.1) is 5.10 Å². The molecule has 0 aromatic carbocycles. The van der Waals surface area contributed by atoms with Gasteiger partial charge in [-0.1, -0.05) is 5.21 Å². The number of aromatic nitrogens is 7. The maximum Gasteiger partial charge on any atom is 0.348 e. The van der Waals surface area contributed by atoms with Crippen LogP contribution in [0.5, 0.6) is 0 Å². The average Bonchev–Trinajstić information content (AvgIpc) is 3.34. The first-order chi connectivity index (χ1) is 12.6. The third-order valence-corrected chi connectivity index (χ3v) is 4.06. The predicted octanol–water partition coefficient (Wildman–Crippen LogP) is 1.80. The minimum absolute atomic E-state index is 0.252. The van der Waals surface area contributed by atoms with Gasteiger partial charge in [0.05, 0.1) is 12.7 Å². The summed E-state index contributed by atoms with van der Waals surface area (Å²) >= 11 is 0. The summed E-state index contributed by atoms with van der Waals surface area (Å²) in [5.41, 5.74) is 2.76. The first-order valence-corrected chi connectivity index (χ1v) is 8.15. The molecule has 26 heavy (non-hydrogen) atoms. The predicted molar refractivity (Wildman–Crippen MR) is 93.3 cm³/mol. The van der Waals surface area contributed by atoms with Crippen molar-refractivity contribution in [1.29, 1.82) is 0 Å². The molecule has 4 heterocycles. The van der Waals surface area contributed by atoms with E-state index in [0.29, 0.717) is 30.3 Å². The Morgan fingerprint density at radius 3 is 2.77 bits per heavy atom. The van der Waals surface area contributed by atoms with Crippen LogP contribution in [0.2, 0.25) is 0 Å². The van der Waals surface area contributed by atoms with Gasteiger partial charge in [-0.25, -0.2) is 9.48 Å². The molecule has 0 radical (unpaired) electrons. The van der Waals surface area contributed by atoms with E-state index < -0.39 is 0 Å². The van der Waals surface area contributed by atoms with E-state index in [9.17, 15) is 4.79 Å². The average molecular weight is 351 g/mol. The Labute approximate surface area is 148 Å². The second-order valence-corrected chi connectivity index (χ2v) is 5.97. The molecule has 0 saturated heterocycles. The SMILES string of the molecule is Cc1cc(C)n(CCn2cc(-c3ccc(-c4ccn[nH]4)o3)nn2)c(=O)n1. The molecular weight excluding hydrogens is 334 g/mol. The number of hydrogen-bond acceptors (Lipinski definition) is 6. The number of nitrogens with one attached hydrogen (secondary N) is 1. The first-order valence-electron chi connectivity index (χ1n) is 8.15. The van der Waals surface area contributed by atoms with Crippen molar-refractivity contribution in [2.24, 2.45) is 0 Å². The zero-order valence-electron chi connectivity index (χ0n) is 14.4.